The summed E-state index contributed by atoms with van der Waals surface area (Å²) in [6.45, 7) is 4.09. The molecule has 0 fully saturated rings. The van der Waals surface area contributed by atoms with Gasteiger partial charge in [-0.05, 0) is 48.7 Å². The molecule has 0 amide bonds. The van der Waals surface area contributed by atoms with Crippen LogP contribution in [0.1, 0.15) is 28.4 Å². The summed E-state index contributed by atoms with van der Waals surface area (Å²) in [5, 5.41) is 3.12. The first-order valence-corrected chi connectivity index (χ1v) is 7.90. The van der Waals surface area contributed by atoms with Gasteiger partial charge in [0.25, 0.3) is 6.01 Å². The second-order valence-electron chi connectivity index (χ2n) is 5.70. The number of ether oxygens (including phenoxy) is 1. The average Bonchev–Trinajstić information content (AvgIpc) is 2.96. The lowest BCUT2D eigenvalue weighted by atomic mass is 10.0. The molecule has 3 rings (SSSR count). The number of benzene rings is 2. The number of aromatic nitrogens is 1. The van der Waals surface area contributed by atoms with E-state index in [1.165, 1.54) is 7.11 Å². The van der Waals surface area contributed by atoms with Crippen LogP contribution in [0.25, 0.3) is 11.1 Å². The van der Waals surface area contributed by atoms with Crippen molar-refractivity contribution < 1.29 is 13.9 Å². The van der Waals surface area contributed by atoms with Crippen LogP contribution in [0.2, 0.25) is 0 Å². The number of Topliss-reactive ketones (excluding diaryl/α,β-unsaturated/α-hetero) is 1. The molecule has 2 aromatic carbocycles. The molecule has 0 saturated carbocycles. The summed E-state index contributed by atoms with van der Waals surface area (Å²) in [4.78, 5) is 16.8. The number of rotatable bonds is 6. The Labute approximate surface area is 140 Å². The van der Waals surface area contributed by atoms with Gasteiger partial charge >= 0.3 is 0 Å². The van der Waals surface area contributed by atoms with Crippen LogP contribution in [0.15, 0.2) is 40.8 Å². The number of hydrogen-bond acceptors (Lipinski definition) is 5. The number of aryl methyl sites for hydroxylation is 2. The molecule has 0 atom stereocenters. The highest BCUT2D eigenvalue weighted by Gasteiger charge is 2.14. The Hall–Kier alpha value is -2.66. The summed E-state index contributed by atoms with van der Waals surface area (Å²) >= 11 is 0. The van der Waals surface area contributed by atoms with Crippen molar-refractivity contribution in [1.82, 2.24) is 4.98 Å². The molecule has 24 heavy (non-hydrogen) atoms. The van der Waals surface area contributed by atoms with Gasteiger partial charge in [0.1, 0.15) is 12.1 Å². The van der Waals surface area contributed by atoms with Gasteiger partial charge in [0.05, 0.1) is 5.69 Å². The number of methoxy groups -OCH3 is 1. The monoisotopic (exact) mass is 324 g/mol. The van der Waals surface area contributed by atoms with Crippen molar-refractivity contribution in [3.05, 3.63) is 53.1 Å². The van der Waals surface area contributed by atoms with Crippen LogP contribution in [0.5, 0.6) is 0 Å². The standard InChI is InChI=1S/C19H20N2O3/c1-4-13-6-7-15(14(10-13)17(22)11-23-3)20-19-21-16-9-12(2)5-8-18(16)24-19/h5-10H,4,11H2,1-3H3,(H,20,21). The Bertz CT molecular complexity index is 883. The fraction of sp³-hybridized carbons (Fsp3) is 0.263. The average molecular weight is 324 g/mol. The number of oxazole rings is 1. The van der Waals surface area contributed by atoms with Gasteiger partial charge in [0.2, 0.25) is 0 Å². The molecule has 0 bridgehead atoms. The first kappa shape index (κ1) is 16.2. The number of hydrogen-bond donors (Lipinski definition) is 1. The summed E-state index contributed by atoms with van der Waals surface area (Å²) in [5.41, 5.74) is 4.94. The second-order valence-corrected chi connectivity index (χ2v) is 5.70. The van der Waals surface area contributed by atoms with E-state index in [0.717, 1.165) is 23.1 Å². The minimum Gasteiger partial charge on any atom is -0.423 e. The van der Waals surface area contributed by atoms with E-state index in [-0.39, 0.29) is 12.4 Å². The van der Waals surface area contributed by atoms with Crippen LogP contribution in [-0.2, 0) is 11.2 Å². The number of nitrogens with zero attached hydrogens (tertiary/aromatic N) is 1. The molecule has 3 aromatic rings. The van der Waals surface area contributed by atoms with Crippen molar-refractivity contribution in [2.45, 2.75) is 20.3 Å². The maximum absolute atomic E-state index is 12.3. The van der Waals surface area contributed by atoms with Gasteiger partial charge in [-0.3, -0.25) is 4.79 Å². The normalized spacial score (nSPS) is 11.0. The zero-order valence-corrected chi connectivity index (χ0v) is 14.1. The molecule has 0 unspecified atom stereocenters. The Morgan fingerprint density at radius 1 is 1.25 bits per heavy atom. The van der Waals surface area contributed by atoms with Crippen molar-refractivity contribution in [1.29, 1.82) is 0 Å². The van der Waals surface area contributed by atoms with Crippen molar-refractivity contribution in [2.75, 3.05) is 19.0 Å². The van der Waals surface area contributed by atoms with Crippen molar-refractivity contribution >= 4 is 28.6 Å². The first-order valence-electron chi connectivity index (χ1n) is 7.90. The third-order valence-electron chi connectivity index (χ3n) is 3.85. The number of fused-ring (bicyclic) bond motifs is 1. The van der Waals surface area contributed by atoms with Crippen molar-refractivity contribution in [3.8, 4) is 0 Å². The molecule has 0 radical (unpaired) electrons. The van der Waals surface area contributed by atoms with E-state index in [9.17, 15) is 4.79 Å². The minimum absolute atomic E-state index is 0.0363. The predicted octanol–water partition coefficient (Wildman–Crippen LogP) is 4.27. The molecule has 1 heterocycles. The zero-order chi connectivity index (χ0) is 17.1. The highest BCUT2D eigenvalue weighted by Crippen LogP contribution is 2.26. The van der Waals surface area contributed by atoms with E-state index in [0.29, 0.717) is 22.8 Å². The lowest BCUT2D eigenvalue weighted by molar-refractivity contribution is 0.0849. The Kier molecular flexibility index (Phi) is 4.62. The second kappa shape index (κ2) is 6.84. The maximum atomic E-state index is 12.3. The Morgan fingerprint density at radius 3 is 2.83 bits per heavy atom. The molecule has 0 aliphatic carbocycles. The topological polar surface area (TPSA) is 64.4 Å². The van der Waals surface area contributed by atoms with Gasteiger partial charge in [0, 0.05) is 12.7 Å². The molecular formula is C19H20N2O3. The van der Waals surface area contributed by atoms with Crippen LogP contribution in [-0.4, -0.2) is 24.5 Å². The lowest BCUT2D eigenvalue weighted by Crippen LogP contribution is -2.10. The summed E-state index contributed by atoms with van der Waals surface area (Å²) < 4.78 is 10.7. The minimum atomic E-state index is -0.0812. The molecule has 0 aliphatic heterocycles. The van der Waals surface area contributed by atoms with E-state index in [1.54, 1.807) is 0 Å². The van der Waals surface area contributed by atoms with Crippen LogP contribution in [0, 0.1) is 6.92 Å². The molecule has 1 N–H and O–H groups in total. The molecule has 1 aromatic heterocycles. The number of ketones is 1. The lowest BCUT2D eigenvalue weighted by Gasteiger charge is -2.10. The van der Waals surface area contributed by atoms with Gasteiger partial charge in [-0.2, -0.15) is 4.98 Å². The Morgan fingerprint density at radius 2 is 2.08 bits per heavy atom. The van der Waals surface area contributed by atoms with Crippen LogP contribution in [0.3, 0.4) is 0 Å². The third-order valence-corrected chi connectivity index (χ3v) is 3.85. The van der Waals surface area contributed by atoms with Gasteiger partial charge in [-0.1, -0.05) is 19.1 Å². The van der Waals surface area contributed by atoms with Crippen LogP contribution < -0.4 is 5.32 Å². The number of carbonyl (C=O) groups is 1. The highest BCUT2D eigenvalue weighted by atomic mass is 16.5. The molecule has 0 saturated heterocycles. The van der Waals surface area contributed by atoms with E-state index < -0.39 is 0 Å². The molecule has 0 spiro atoms. The molecule has 0 aliphatic rings. The first-order chi connectivity index (χ1) is 11.6. The maximum Gasteiger partial charge on any atom is 0.300 e. The highest BCUT2D eigenvalue weighted by molar-refractivity contribution is 6.02. The number of carbonyl (C=O) groups excluding carboxylic acids is 1. The Balaban J connectivity index is 1.96. The van der Waals surface area contributed by atoms with Gasteiger partial charge in [-0.25, -0.2) is 0 Å². The largest absolute Gasteiger partial charge is 0.423 e. The van der Waals surface area contributed by atoms with Crippen LogP contribution in [0.4, 0.5) is 11.7 Å². The smallest absolute Gasteiger partial charge is 0.300 e. The quantitative estimate of drug-likeness (QED) is 0.686. The van der Waals surface area contributed by atoms with Gasteiger partial charge in [-0.15, -0.1) is 0 Å². The molecular weight excluding hydrogens is 304 g/mol. The van der Waals surface area contributed by atoms with E-state index in [4.69, 9.17) is 9.15 Å². The zero-order valence-electron chi connectivity index (χ0n) is 14.1. The number of nitrogens with one attached hydrogen (secondary N) is 1. The summed E-state index contributed by atoms with van der Waals surface area (Å²) in [6, 6.07) is 11.9. The van der Waals surface area contributed by atoms with E-state index in [2.05, 4.69) is 17.2 Å². The van der Waals surface area contributed by atoms with Crippen molar-refractivity contribution in [2.24, 2.45) is 0 Å². The number of anilines is 2. The fourth-order valence-corrected chi connectivity index (χ4v) is 2.57. The molecule has 5 heteroatoms. The molecule has 5 nitrogen and oxygen atoms in total. The van der Waals surface area contributed by atoms with Crippen molar-refractivity contribution in [3.63, 3.8) is 0 Å². The van der Waals surface area contributed by atoms with Gasteiger partial charge in [0.15, 0.2) is 11.4 Å². The summed E-state index contributed by atoms with van der Waals surface area (Å²) in [7, 11) is 1.51. The summed E-state index contributed by atoms with van der Waals surface area (Å²) in [6.07, 6.45) is 0.857. The third kappa shape index (κ3) is 3.31. The SMILES string of the molecule is CCc1ccc(Nc2nc3cc(C)ccc3o2)c(C(=O)COC)c1. The summed E-state index contributed by atoms with van der Waals surface area (Å²) in [5.74, 6) is -0.0812. The van der Waals surface area contributed by atoms with Gasteiger partial charge < -0.3 is 14.5 Å². The fourth-order valence-electron chi connectivity index (χ4n) is 2.57. The van der Waals surface area contributed by atoms with E-state index >= 15 is 0 Å². The predicted molar refractivity (Wildman–Crippen MR) is 94.1 cm³/mol. The van der Waals surface area contributed by atoms with Crippen LogP contribution >= 0.6 is 0 Å². The van der Waals surface area contributed by atoms with E-state index in [1.807, 2.05) is 43.3 Å². The molecule has 124 valence electrons.